The van der Waals surface area contributed by atoms with Gasteiger partial charge in [0.05, 0.1) is 18.5 Å². The lowest BCUT2D eigenvalue weighted by molar-refractivity contribution is -0.126. The van der Waals surface area contributed by atoms with Gasteiger partial charge in [-0.3, -0.25) is 9.78 Å². The second-order valence-corrected chi connectivity index (χ2v) is 6.96. The Balaban J connectivity index is 1.80. The lowest BCUT2D eigenvalue weighted by atomic mass is 9.97. The van der Waals surface area contributed by atoms with Crippen LogP contribution in [0.25, 0.3) is 0 Å². The van der Waals surface area contributed by atoms with Crippen LogP contribution in [0, 0.1) is 5.92 Å². The van der Waals surface area contributed by atoms with Crippen molar-refractivity contribution in [2.75, 3.05) is 19.3 Å². The van der Waals surface area contributed by atoms with Crippen molar-refractivity contribution in [2.24, 2.45) is 5.92 Å². The Morgan fingerprint density at radius 1 is 1.40 bits per heavy atom. The van der Waals surface area contributed by atoms with E-state index in [1.165, 1.54) is 10.6 Å². The quantitative estimate of drug-likeness (QED) is 0.871. The number of pyridine rings is 1. The molecule has 2 heterocycles. The Morgan fingerprint density at radius 2 is 2.10 bits per heavy atom. The van der Waals surface area contributed by atoms with Crippen molar-refractivity contribution >= 4 is 15.9 Å². The lowest BCUT2D eigenvalue weighted by Gasteiger charge is -2.29. The molecule has 0 unspecified atom stereocenters. The zero-order valence-electron chi connectivity index (χ0n) is 11.4. The first-order chi connectivity index (χ1) is 9.47. The Labute approximate surface area is 119 Å². The number of sulfonamides is 1. The molecule has 1 saturated heterocycles. The number of rotatable bonds is 4. The zero-order chi connectivity index (χ0) is 14.6. The molecular formula is C13H19N3O3S. The van der Waals surface area contributed by atoms with Gasteiger partial charge in [0, 0.05) is 25.2 Å². The maximum absolute atomic E-state index is 12.0. The highest BCUT2D eigenvalue weighted by Crippen LogP contribution is 2.19. The van der Waals surface area contributed by atoms with E-state index in [1.54, 1.807) is 6.20 Å². The fraction of sp³-hybridized carbons (Fsp3) is 0.538. The van der Waals surface area contributed by atoms with Gasteiger partial charge in [0.15, 0.2) is 0 Å². The van der Waals surface area contributed by atoms with Crippen LogP contribution in [0.2, 0.25) is 0 Å². The van der Waals surface area contributed by atoms with Crippen LogP contribution < -0.4 is 5.32 Å². The second-order valence-electron chi connectivity index (χ2n) is 4.98. The van der Waals surface area contributed by atoms with Crippen molar-refractivity contribution in [1.29, 1.82) is 0 Å². The molecular weight excluding hydrogens is 278 g/mol. The van der Waals surface area contributed by atoms with Crippen LogP contribution in [0.5, 0.6) is 0 Å². The molecule has 0 aromatic carbocycles. The highest BCUT2D eigenvalue weighted by atomic mass is 32.2. The third-order valence-corrected chi connectivity index (χ3v) is 4.77. The first kappa shape index (κ1) is 14.9. The normalized spacial score (nSPS) is 17.9. The molecule has 1 amide bonds. The predicted molar refractivity (Wildman–Crippen MR) is 75.2 cm³/mol. The largest absolute Gasteiger partial charge is 0.350 e. The minimum absolute atomic E-state index is 0.0243. The van der Waals surface area contributed by atoms with Gasteiger partial charge in [0.25, 0.3) is 0 Å². The molecule has 0 spiro atoms. The van der Waals surface area contributed by atoms with Crippen LogP contribution in [0.3, 0.4) is 0 Å². The molecule has 0 saturated carbocycles. The third-order valence-electron chi connectivity index (χ3n) is 3.46. The molecule has 1 aliphatic rings. The van der Waals surface area contributed by atoms with Crippen LogP contribution in [-0.4, -0.2) is 43.0 Å². The summed E-state index contributed by atoms with van der Waals surface area (Å²) in [5.74, 6) is -0.138. The predicted octanol–water partition coefficient (Wildman–Crippen LogP) is 0.369. The van der Waals surface area contributed by atoms with E-state index >= 15 is 0 Å². The van der Waals surface area contributed by atoms with Gasteiger partial charge >= 0.3 is 0 Å². The first-order valence-electron chi connectivity index (χ1n) is 6.59. The van der Waals surface area contributed by atoms with Crippen molar-refractivity contribution in [3.05, 3.63) is 30.1 Å². The average molecular weight is 297 g/mol. The Hall–Kier alpha value is -1.47. The minimum atomic E-state index is -3.14. The number of piperidine rings is 1. The molecule has 1 N–H and O–H groups in total. The van der Waals surface area contributed by atoms with Gasteiger partial charge in [0.1, 0.15) is 0 Å². The third kappa shape index (κ3) is 4.01. The number of nitrogens with one attached hydrogen (secondary N) is 1. The summed E-state index contributed by atoms with van der Waals surface area (Å²) >= 11 is 0. The smallest absolute Gasteiger partial charge is 0.223 e. The molecule has 1 aromatic rings. The zero-order valence-corrected chi connectivity index (χ0v) is 12.3. The number of amides is 1. The van der Waals surface area contributed by atoms with E-state index < -0.39 is 10.0 Å². The van der Waals surface area contributed by atoms with Crippen LogP contribution in [0.15, 0.2) is 24.4 Å². The molecule has 0 radical (unpaired) electrons. The maximum atomic E-state index is 12.0. The molecule has 1 aliphatic heterocycles. The van der Waals surface area contributed by atoms with Crippen LogP contribution in [0.4, 0.5) is 0 Å². The van der Waals surface area contributed by atoms with E-state index in [0.717, 1.165) is 5.69 Å². The van der Waals surface area contributed by atoms with Gasteiger partial charge in [-0.2, -0.15) is 0 Å². The summed E-state index contributed by atoms with van der Waals surface area (Å²) in [7, 11) is -3.14. The summed E-state index contributed by atoms with van der Waals surface area (Å²) in [4.78, 5) is 16.2. The molecule has 1 fully saturated rings. The number of hydrogen-bond acceptors (Lipinski definition) is 4. The van der Waals surface area contributed by atoms with Gasteiger partial charge in [0.2, 0.25) is 15.9 Å². The van der Waals surface area contributed by atoms with E-state index in [2.05, 4.69) is 10.3 Å². The highest BCUT2D eigenvalue weighted by Gasteiger charge is 2.28. The first-order valence-corrected chi connectivity index (χ1v) is 8.44. The summed E-state index contributed by atoms with van der Waals surface area (Å²) in [6.07, 6.45) is 4.03. The number of hydrogen-bond donors (Lipinski definition) is 1. The van der Waals surface area contributed by atoms with E-state index in [1.807, 2.05) is 18.2 Å². The molecule has 6 nitrogen and oxygen atoms in total. The summed E-state index contributed by atoms with van der Waals surface area (Å²) in [6, 6.07) is 5.55. The summed E-state index contributed by atoms with van der Waals surface area (Å²) in [5.41, 5.74) is 0.814. The molecule has 0 atom stereocenters. The summed E-state index contributed by atoms with van der Waals surface area (Å²) in [6.45, 7) is 1.24. The van der Waals surface area contributed by atoms with Crippen molar-refractivity contribution in [3.8, 4) is 0 Å². The molecule has 0 bridgehead atoms. The topological polar surface area (TPSA) is 79.4 Å². The van der Waals surface area contributed by atoms with Crippen LogP contribution >= 0.6 is 0 Å². The van der Waals surface area contributed by atoms with Gasteiger partial charge < -0.3 is 5.32 Å². The van der Waals surface area contributed by atoms with Gasteiger partial charge in [-0.25, -0.2) is 12.7 Å². The minimum Gasteiger partial charge on any atom is -0.350 e. The highest BCUT2D eigenvalue weighted by molar-refractivity contribution is 7.88. The number of aromatic nitrogens is 1. The van der Waals surface area contributed by atoms with Crippen LogP contribution in [-0.2, 0) is 21.4 Å². The fourth-order valence-electron chi connectivity index (χ4n) is 2.27. The van der Waals surface area contributed by atoms with Crippen molar-refractivity contribution in [2.45, 2.75) is 19.4 Å². The standard InChI is InChI=1S/C13H19N3O3S/c1-20(18,19)16-8-5-11(6-9-16)13(17)15-10-12-4-2-3-7-14-12/h2-4,7,11H,5-6,8-10H2,1H3,(H,15,17). The van der Waals surface area contributed by atoms with Crippen molar-refractivity contribution in [1.82, 2.24) is 14.6 Å². The molecule has 7 heteroatoms. The van der Waals surface area contributed by atoms with Gasteiger partial charge in [-0.1, -0.05) is 6.07 Å². The van der Waals surface area contributed by atoms with Crippen LogP contribution in [0.1, 0.15) is 18.5 Å². The number of carbonyl (C=O) groups excluding carboxylic acids is 1. The number of carbonyl (C=O) groups is 1. The Kier molecular flexibility index (Phi) is 4.72. The summed E-state index contributed by atoms with van der Waals surface area (Å²) in [5, 5.41) is 2.85. The molecule has 110 valence electrons. The molecule has 20 heavy (non-hydrogen) atoms. The molecule has 0 aliphatic carbocycles. The van der Waals surface area contributed by atoms with E-state index in [0.29, 0.717) is 32.5 Å². The summed E-state index contributed by atoms with van der Waals surface area (Å²) < 4.78 is 24.2. The molecule has 1 aromatic heterocycles. The van der Waals surface area contributed by atoms with Gasteiger partial charge in [-0.15, -0.1) is 0 Å². The number of nitrogens with zero attached hydrogens (tertiary/aromatic N) is 2. The van der Waals surface area contributed by atoms with E-state index in [4.69, 9.17) is 0 Å². The Morgan fingerprint density at radius 3 is 2.65 bits per heavy atom. The Bertz CT molecular complexity index is 551. The lowest BCUT2D eigenvalue weighted by Crippen LogP contribution is -2.42. The van der Waals surface area contributed by atoms with E-state index in [-0.39, 0.29) is 11.8 Å². The monoisotopic (exact) mass is 297 g/mol. The van der Waals surface area contributed by atoms with Crippen molar-refractivity contribution < 1.29 is 13.2 Å². The van der Waals surface area contributed by atoms with Gasteiger partial charge in [-0.05, 0) is 25.0 Å². The fourth-order valence-corrected chi connectivity index (χ4v) is 3.15. The van der Waals surface area contributed by atoms with E-state index in [9.17, 15) is 13.2 Å². The maximum Gasteiger partial charge on any atom is 0.223 e. The SMILES string of the molecule is CS(=O)(=O)N1CCC(C(=O)NCc2ccccn2)CC1. The van der Waals surface area contributed by atoms with Crippen molar-refractivity contribution in [3.63, 3.8) is 0 Å². The average Bonchev–Trinajstić information content (AvgIpc) is 2.45. The second kappa shape index (κ2) is 6.32. The molecule has 2 rings (SSSR count).